The third kappa shape index (κ3) is 3.11. The lowest BCUT2D eigenvalue weighted by Crippen LogP contribution is -1.90. The number of aryl methyl sites for hydroxylation is 1. The molecule has 128 valence electrons. The van der Waals surface area contributed by atoms with Gasteiger partial charge in [0, 0.05) is 22.7 Å². The van der Waals surface area contributed by atoms with E-state index in [4.69, 9.17) is 0 Å². The van der Waals surface area contributed by atoms with Crippen LogP contribution in [0.1, 0.15) is 18.9 Å². The van der Waals surface area contributed by atoms with Crippen LogP contribution in [0.25, 0.3) is 33.2 Å². The van der Waals surface area contributed by atoms with Crippen LogP contribution in [0.4, 0.5) is 4.39 Å². The van der Waals surface area contributed by atoms with Gasteiger partial charge >= 0.3 is 0 Å². The number of nitrogens with zero attached hydrogens (tertiary/aromatic N) is 1. The zero-order valence-corrected chi connectivity index (χ0v) is 14.7. The van der Waals surface area contributed by atoms with Crippen LogP contribution >= 0.6 is 0 Å². The lowest BCUT2D eigenvalue weighted by atomic mass is 9.97. The summed E-state index contributed by atoms with van der Waals surface area (Å²) in [6.07, 6.45) is 3.96. The molecule has 0 aliphatic heterocycles. The summed E-state index contributed by atoms with van der Waals surface area (Å²) >= 11 is 0. The molecular weight excluding hydrogens is 321 g/mol. The monoisotopic (exact) mass is 341 g/mol. The zero-order chi connectivity index (χ0) is 17.9. The summed E-state index contributed by atoms with van der Waals surface area (Å²) in [4.78, 5) is 4.56. The molecule has 0 aliphatic rings. The van der Waals surface area contributed by atoms with Gasteiger partial charge in [-0.3, -0.25) is 4.98 Å². The third-order valence-corrected chi connectivity index (χ3v) is 4.72. The minimum atomic E-state index is -0.211. The van der Waals surface area contributed by atoms with E-state index in [9.17, 15) is 4.39 Å². The fourth-order valence-corrected chi connectivity index (χ4v) is 3.38. The van der Waals surface area contributed by atoms with Crippen molar-refractivity contribution in [3.63, 3.8) is 0 Å². The van der Waals surface area contributed by atoms with Crippen LogP contribution in [-0.4, -0.2) is 4.98 Å². The molecule has 0 amide bonds. The van der Waals surface area contributed by atoms with Crippen molar-refractivity contribution in [2.75, 3.05) is 0 Å². The van der Waals surface area contributed by atoms with Crippen molar-refractivity contribution >= 4 is 10.8 Å². The van der Waals surface area contributed by atoms with Gasteiger partial charge in [0.25, 0.3) is 0 Å². The van der Waals surface area contributed by atoms with Gasteiger partial charge in [-0.15, -0.1) is 0 Å². The molecule has 2 heteroatoms. The summed E-state index contributed by atoms with van der Waals surface area (Å²) in [5, 5.41) is 2.21. The van der Waals surface area contributed by atoms with Crippen molar-refractivity contribution in [1.82, 2.24) is 4.98 Å². The topological polar surface area (TPSA) is 12.9 Å². The molecule has 26 heavy (non-hydrogen) atoms. The molecule has 0 saturated heterocycles. The second kappa shape index (κ2) is 7.09. The lowest BCUT2D eigenvalue weighted by molar-refractivity contribution is 0.631. The van der Waals surface area contributed by atoms with E-state index in [1.165, 1.54) is 11.6 Å². The van der Waals surface area contributed by atoms with Crippen molar-refractivity contribution in [1.29, 1.82) is 0 Å². The van der Waals surface area contributed by atoms with Gasteiger partial charge < -0.3 is 0 Å². The fraction of sp³-hybridized carbons (Fsp3) is 0.125. The van der Waals surface area contributed by atoms with E-state index in [2.05, 4.69) is 36.2 Å². The standard InChI is InChI=1S/C24H20FN/c1-2-5-17-8-10-19(11-9-17)22-16-20(12-13-23(22)25)24-21-7-4-3-6-18(21)14-15-26-24/h3-4,6-16H,2,5H2,1H3. The highest BCUT2D eigenvalue weighted by molar-refractivity contribution is 5.95. The summed E-state index contributed by atoms with van der Waals surface area (Å²) in [5.74, 6) is -0.211. The molecule has 0 bridgehead atoms. The fourth-order valence-electron chi connectivity index (χ4n) is 3.38. The predicted octanol–water partition coefficient (Wildman–Crippen LogP) is 6.66. The molecule has 0 saturated carbocycles. The summed E-state index contributed by atoms with van der Waals surface area (Å²) in [6.45, 7) is 2.16. The van der Waals surface area contributed by atoms with Gasteiger partial charge in [0.2, 0.25) is 0 Å². The van der Waals surface area contributed by atoms with Gasteiger partial charge in [0.05, 0.1) is 5.69 Å². The highest BCUT2D eigenvalue weighted by Crippen LogP contribution is 2.31. The van der Waals surface area contributed by atoms with E-state index in [0.29, 0.717) is 5.56 Å². The van der Waals surface area contributed by atoms with Gasteiger partial charge in [-0.05, 0) is 47.2 Å². The number of hydrogen-bond acceptors (Lipinski definition) is 1. The molecule has 1 aromatic heterocycles. The predicted molar refractivity (Wildman–Crippen MR) is 107 cm³/mol. The van der Waals surface area contributed by atoms with Crippen molar-refractivity contribution in [2.24, 2.45) is 0 Å². The van der Waals surface area contributed by atoms with Crippen molar-refractivity contribution in [2.45, 2.75) is 19.8 Å². The van der Waals surface area contributed by atoms with Gasteiger partial charge in [0.1, 0.15) is 5.82 Å². The average Bonchev–Trinajstić information content (AvgIpc) is 2.69. The molecule has 4 rings (SSSR count). The van der Waals surface area contributed by atoms with Crippen molar-refractivity contribution in [3.05, 3.63) is 90.4 Å². The van der Waals surface area contributed by atoms with Gasteiger partial charge in [-0.1, -0.05) is 61.9 Å². The van der Waals surface area contributed by atoms with E-state index >= 15 is 0 Å². The largest absolute Gasteiger partial charge is 0.256 e. The first kappa shape index (κ1) is 16.5. The Morgan fingerprint density at radius 2 is 1.62 bits per heavy atom. The average molecular weight is 341 g/mol. The quantitative estimate of drug-likeness (QED) is 0.404. The van der Waals surface area contributed by atoms with E-state index in [1.54, 1.807) is 12.3 Å². The maximum atomic E-state index is 14.5. The molecule has 0 spiro atoms. The number of aromatic nitrogens is 1. The number of halogens is 1. The molecule has 0 radical (unpaired) electrons. The van der Waals surface area contributed by atoms with Crippen LogP contribution in [0.2, 0.25) is 0 Å². The van der Waals surface area contributed by atoms with Gasteiger partial charge in [-0.25, -0.2) is 4.39 Å². The van der Waals surface area contributed by atoms with E-state index in [-0.39, 0.29) is 5.82 Å². The first-order valence-corrected chi connectivity index (χ1v) is 8.99. The highest BCUT2D eigenvalue weighted by Gasteiger charge is 2.10. The maximum Gasteiger partial charge on any atom is 0.131 e. The molecule has 1 heterocycles. The normalized spacial score (nSPS) is 11.0. The summed E-state index contributed by atoms with van der Waals surface area (Å²) < 4.78 is 14.5. The highest BCUT2D eigenvalue weighted by atomic mass is 19.1. The molecule has 1 nitrogen and oxygen atoms in total. The second-order valence-electron chi connectivity index (χ2n) is 6.52. The number of hydrogen-bond donors (Lipinski definition) is 0. The lowest BCUT2D eigenvalue weighted by Gasteiger charge is -2.10. The van der Waals surface area contributed by atoms with Crippen LogP contribution in [0.15, 0.2) is 79.0 Å². The van der Waals surface area contributed by atoms with Crippen LogP contribution in [0.5, 0.6) is 0 Å². The Morgan fingerprint density at radius 1 is 0.846 bits per heavy atom. The minimum absolute atomic E-state index is 0.211. The van der Waals surface area contributed by atoms with Crippen LogP contribution in [-0.2, 0) is 6.42 Å². The Bertz CT molecular complexity index is 1050. The first-order chi connectivity index (χ1) is 12.8. The third-order valence-electron chi connectivity index (χ3n) is 4.72. The Morgan fingerprint density at radius 3 is 2.42 bits per heavy atom. The first-order valence-electron chi connectivity index (χ1n) is 8.99. The Balaban J connectivity index is 1.81. The summed E-state index contributed by atoms with van der Waals surface area (Å²) in [5.41, 5.74) is 4.59. The van der Waals surface area contributed by atoms with Crippen LogP contribution < -0.4 is 0 Å². The van der Waals surface area contributed by atoms with Crippen molar-refractivity contribution in [3.8, 4) is 22.4 Å². The molecule has 3 aromatic carbocycles. The van der Waals surface area contributed by atoms with Crippen molar-refractivity contribution < 1.29 is 4.39 Å². The molecule has 0 aliphatic carbocycles. The number of pyridine rings is 1. The van der Waals surface area contributed by atoms with Crippen LogP contribution in [0.3, 0.4) is 0 Å². The summed E-state index contributed by atoms with van der Waals surface area (Å²) in [7, 11) is 0. The minimum Gasteiger partial charge on any atom is -0.256 e. The Kier molecular flexibility index (Phi) is 4.49. The smallest absolute Gasteiger partial charge is 0.131 e. The number of fused-ring (bicyclic) bond motifs is 1. The number of rotatable bonds is 4. The van der Waals surface area contributed by atoms with Crippen LogP contribution in [0, 0.1) is 5.82 Å². The molecule has 4 aromatic rings. The van der Waals surface area contributed by atoms with E-state index in [0.717, 1.165) is 40.4 Å². The molecule has 0 unspecified atom stereocenters. The zero-order valence-electron chi connectivity index (χ0n) is 14.7. The molecule has 0 atom stereocenters. The molecule has 0 N–H and O–H groups in total. The van der Waals surface area contributed by atoms with Gasteiger partial charge in [-0.2, -0.15) is 0 Å². The molecule has 0 fully saturated rings. The van der Waals surface area contributed by atoms with E-state index < -0.39 is 0 Å². The Hall–Kier alpha value is -3.00. The molecular formula is C24H20FN. The van der Waals surface area contributed by atoms with E-state index in [1.807, 2.05) is 36.4 Å². The number of benzene rings is 3. The Labute approximate surface area is 153 Å². The SMILES string of the molecule is CCCc1ccc(-c2cc(-c3nccc4ccccc34)ccc2F)cc1. The second-order valence-corrected chi connectivity index (χ2v) is 6.52. The van der Waals surface area contributed by atoms with Gasteiger partial charge in [0.15, 0.2) is 0 Å². The maximum absolute atomic E-state index is 14.5. The summed E-state index contributed by atoms with van der Waals surface area (Å²) in [6, 6.07) is 23.6.